The number of thiazole rings is 1. The molecule has 3 rings (SSSR count). The third kappa shape index (κ3) is 3.99. The Labute approximate surface area is 150 Å². The van der Waals surface area contributed by atoms with Crippen molar-refractivity contribution in [2.75, 3.05) is 7.11 Å². The Morgan fingerprint density at radius 1 is 1.44 bits per heavy atom. The monoisotopic (exact) mass is 359 g/mol. The first-order valence-electron chi connectivity index (χ1n) is 8.18. The molecule has 2 amide bonds. The number of aromatic nitrogens is 1. The Hall–Kier alpha value is -2.41. The van der Waals surface area contributed by atoms with Crippen molar-refractivity contribution in [3.63, 3.8) is 0 Å². The molecule has 1 unspecified atom stereocenters. The second-order valence-corrected chi connectivity index (χ2v) is 7.03. The van der Waals surface area contributed by atoms with Crippen LogP contribution in [0.5, 0.6) is 5.75 Å². The number of para-hydroxylation sites is 1. The number of amides is 2. The van der Waals surface area contributed by atoms with E-state index in [1.54, 1.807) is 23.3 Å². The number of hydrogen-bond donors (Lipinski definition) is 1. The fraction of sp³-hybridized carbons (Fsp3) is 0.389. The number of benzene rings is 1. The molecule has 2 aromatic rings. The summed E-state index contributed by atoms with van der Waals surface area (Å²) in [6.07, 6.45) is 0.930. The molecule has 0 radical (unpaired) electrons. The molecule has 1 saturated heterocycles. The Bertz CT molecular complexity index is 774. The average Bonchev–Trinajstić information content (AvgIpc) is 3.19. The van der Waals surface area contributed by atoms with Gasteiger partial charge in [0.15, 0.2) is 0 Å². The summed E-state index contributed by atoms with van der Waals surface area (Å²) < 4.78 is 5.35. The van der Waals surface area contributed by atoms with Gasteiger partial charge in [-0.15, -0.1) is 11.3 Å². The lowest BCUT2D eigenvalue weighted by molar-refractivity contribution is -0.135. The largest absolute Gasteiger partial charge is 0.496 e. The van der Waals surface area contributed by atoms with Crippen LogP contribution in [-0.2, 0) is 22.7 Å². The van der Waals surface area contributed by atoms with E-state index in [0.717, 1.165) is 22.0 Å². The minimum Gasteiger partial charge on any atom is -0.496 e. The molecule has 0 spiro atoms. The van der Waals surface area contributed by atoms with E-state index >= 15 is 0 Å². The van der Waals surface area contributed by atoms with Crippen LogP contribution in [0.25, 0.3) is 0 Å². The van der Waals surface area contributed by atoms with Gasteiger partial charge in [0.05, 0.1) is 30.9 Å². The summed E-state index contributed by atoms with van der Waals surface area (Å²) in [5.41, 5.74) is 1.74. The van der Waals surface area contributed by atoms with E-state index in [1.807, 2.05) is 36.6 Å². The molecule has 1 aliphatic heterocycles. The third-order valence-electron chi connectivity index (χ3n) is 4.27. The Kier molecular flexibility index (Phi) is 5.33. The van der Waals surface area contributed by atoms with Crippen molar-refractivity contribution < 1.29 is 14.3 Å². The first kappa shape index (κ1) is 17.4. The van der Waals surface area contributed by atoms with Crippen LogP contribution in [0.1, 0.15) is 29.1 Å². The van der Waals surface area contributed by atoms with Crippen LogP contribution < -0.4 is 10.1 Å². The quantitative estimate of drug-likeness (QED) is 0.859. The van der Waals surface area contributed by atoms with E-state index < -0.39 is 6.04 Å². The fourth-order valence-electron chi connectivity index (χ4n) is 3.01. The van der Waals surface area contributed by atoms with Gasteiger partial charge in [-0.2, -0.15) is 0 Å². The summed E-state index contributed by atoms with van der Waals surface area (Å²) in [7, 11) is 1.60. The predicted molar refractivity (Wildman–Crippen MR) is 95.3 cm³/mol. The van der Waals surface area contributed by atoms with Gasteiger partial charge in [0, 0.05) is 17.4 Å². The summed E-state index contributed by atoms with van der Waals surface area (Å²) in [6.45, 7) is 2.69. The maximum atomic E-state index is 12.6. The molecule has 1 aromatic heterocycles. The molecule has 1 N–H and O–H groups in total. The second kappa shape index (κ2) is 7.65. The van der Waals surface area contributed by atoms with E-state index in [2.05, 4.69) is 10.3 Å². The van der Waals surface area contributed by atoms with Gasteiger partial charge in [-0.1, -0.05) is 18.2 Å². The van der Waals surface area contributed by atoms with Crippen molar-refractivity contribution in [2.45, 2.75) is 38.9 Å². The van der Waals surface area contributed by atoms with Crippen molar-refractivity contribution in [1.29, 1.82) is 0 Å². The van der Waals surface area contributed by atoms with Crippen LogP contribution in [0.3, 0.4) is 0 Å². The van der Waals surface area contributed by atoms with E-state index in [9.17, 15) is 9.59 Å². The number of ether oxygens (including phenoxy) is 1. The molecule has 1 aromatic carbocycles. The highest BCUT2D eigenvalue weighted by atomic mass is 32.1. The normalized spacial score (nSPS) is 17.0. The van der Waals surface area contributed by atoms with Crippen molar-refractivity contribution in [1.82, 2.24) is 15.2 Å². The van der Waals surface area contributed by atoms with Crippen molar-refractivity contribution in [3.8, 4) is 5.75 Å². The first-order chi connectivity index (χ1) is 12.1. The molecular weight excluding hydrogens is 338 g/mol. The summed E-state index contributed by atoms with van der Waals surface area (Å²) >= 11 is 1.55. The highest BCUT2D eigenvalue weighted by Crippen LogP contribution is 2.26. The van der Waals surface area contributed by atoms with Crippen LogP contribution in [-0.4, -0.2) is 34.8 Å². The van der Waals surface area contributed by atoms with Crippen molar-refractivity contribution in [3.05, 3.63) is 45.9 Å². The smallest absolute Gasteiger partial charge is 0.243 e. The van der Waals surface area contributed by atoms with E-state index in [-0.39, 0.29) is 11.8 Å². The van der Waals surface area contributed by atoms with Crippen LogP contribution in [0.2, 0.25) is 0 Å². The standard InChI is InChI=1S/C18H21N3O3S/c1-12-20-14(11-25-12)9-19-18(23)15-7-8-17(22)21(15)10-13-5-3-4-6-16(13)24-2/h3-6,11,15H,7-10H2,1-2H3,(H,19,23). The van der Waals surface area contributed by atoms with E-state index in [0.29, 0.717) is 25.9 Å². The molecule has 0 saturated carbocycles. The van der Waals surface area contributed by atoms with Crippen LogP contribution in [0, 0.1) is 6.92 Å². The van der Waals surface area contributed by atoms with Gasteiger partial charge in [-0.3, -0.25) is 9.59 Å². The Morgan fingerprint density at radius 3 is 2.96 bits per heavy atom. The summed E-state index contributed by atoms with van der Waals surface area (Å²) in [4.78, 5) is 30.8. The van der Waals surface area contributed by atoms with Gasteiger partial charge < -0.3 is 15.0 Å². The molecule has 0 aliphatic carbocycles. The lowest BCUT2D eigenvalue weighted by Gasteiger charge is -2.24. The molecule has 0 bridgehead atoms. The number of hydrogen-bond acceptors (Lipinski definition) is 5. The maximum Gasteiger partial charge on any atom is 0.243 e. The number of methoxy groups -OCH3 is 1. The Balaban J connectivity index is 1.67. The van der Waals surface area contributed by atoms with E-state index in [4.69, 9.17) is 4.74 Å². The Morgan fingerprint density at radius 2 is 2.24 bits per heavy atom. The highest BCUT2D eigenvalue weighted by molar-refractivity contribution is 7.09. The molecule has 25 heavy (non-hydrogen) atoms. The summed E-state index contributed by atoms with van der Waals surface area (Å²) in [6, 6.07) is 7.11. The molecule has 1 atom stereocenters. The van der Waals surface area contributed by atoms with Gasteiger partial charge in [-0.05, 0) is 19.4 Å². The number of aryl methyl sites for hydroxylation is 1. The second-order valence-electron chi connectivity index (χ2n) is 5.96. The highest BCUT2D eigenvalue weighted by Gasteiger charge is 2.36. The summed E-state index contributed by atoms with van der Waals surface area (Å²) in [5.74, 6) is 0.585. The van der Waals surface area contributed by atoms with Gasteiger partial charge in [0.2, 0.25) is 11.8 Å². The zero-order valence-corrected chi connectivity index (χ0v) is 15.1. The van der Waals surface area contributed by atoms with Crippen LogP contribution in [0.4, 0.5) is 0 Å². The molecule has 1 fully saturated rings. The molecular formula is C18H21N3O3S. The third-order valence-corrected chi connectivity index (χ3v) is 5.10. The van der Waals surface area contributed by atoms with Crippen LogP contribution >= 0.6 is 11.3 Å². The average molecular weight is 359 g/mol. The molecule has 7 heteroatoms. The zero-order chi connectivity index (χ0) is 17.8. The van der Waals surface area contributed by atoms with Crippen molar-refractivity contribution >= 4 is 23.2 Å². The predicted octanol–water partition coefficient (Wildman–Crippen LogP) is 2.27. The number of likely N-dealkylation sites (tertiary alicyclic amines) is 1. The fourth-order valence-corrected chi connectivity index (χ4v) is 3.62. The minimum absolute atomic E-state index is 0.00411. The molecule has 132 valence electrons. The number of rotatable bonds is 6. The lowest BCUT2D eigenvalue weighted by atomic mass is 10.1. The number of carbonyl (C=O) groups excluding carboxylic acids is 2. The van der Waals surface area contributed by atoms with Gasteiger partial charge in [-0.25, -0.2) is 4.98 Å². The summed E-state index contributed by atoms with van der Waals surface area (Å²) in [5, 5.41) is 5.80. The van der Waals surface area contributed by atoms with Gasteiger partial charge >= 0.3 is 0 Å². The topological polar surface area (TPSA) is 71.5 Å². The number of carbonyl (C=O) groups is 2. The van der Waals surface area contributed by atoms with E-state index in [1.165, 1.54) is 0 Å². The first-order valence-corrected chi connectivity index (χ1v) is 9.06. The maximum absolute atomic E-state index is 12.6. The number of nitrogens with one attached hydrogen (secondary N) is 1. The minimum atomic E-state index is -0.447. The molecule has 6 nitrogen and oxygen atoms in total. The number of nitrogens with zero attached hydrogens (tertiary/aromatic N) is 2. The SMILES string of the molecule is COc1ccccc1CN1C(=O)CCC1C(=O)NCc1csc(C)n1. The molecule has 2 heterocycles. The van der Waals surface area contributed by atoms with Gasteiger partial charge in [0.25, 0.3) is 0 Å². The molecule has 1 aliphatic rings. The van der Waals surface area contributed by atoms with Gasteiger partial charge in [0.1, 0.15) is 11.8 Å². The van der Waals surface area contributed by atoms with Crippen LogP contribution in [0.15, 0.2) is 29.6 Å². The lowest BCUT2D eigenvalue weighted by Crippen LogP contribution is -2.44. The zero-order valence-electron chi connectivity index (χ0n) is 14.3. The van der Waals surface area contributed by atoms with Crippen molar-refractivity contribution in [2.24, 2.45) is 0 Å².